The number of hydrogen-bond donors (Lipinski definition) is 1. The third-order valence-corrected chi connectivity index (χ3v) is 6.53. The second-order valence-electron chi connectivity index (χ2n) is 6.17. The van der Waals surface area contributed by atoms with Crippen LogP contribution in [0, 0.1) is 5.82 Å². The smallest absolute Gasteiger partial charge is 0.234 e. The molecule has 152 valence electrons. The highest BCUT2D eigenvalue weighted by Gasteiger charge is 2.20. The first-order chi connectivity index (χ1) is 13.2. The molecule has 0 unspecified atom stereocenters. The highest BCUT2D eigenvalue weighted by atomic mass is 35.5. The maximum Gasteiger partial charge on any atom is 0.234 e. The Kier molecular flexibility index (Phi) is 8.24. The summed E-state index contributed by atoms with van der Waals surface area (Å²) in [6, 6.07) is 10.1. The summed E-state index contributed by atoms with van der Waals surface area (Å²) < 4.78 is 38.0. The number of nitrogens with one attached hydrogen (secondary N) is 1. The van der Waals surface area contributed by atoms with E-state index < -0.39 is 9.84 Å². The van der Waals surface area contributed by atoms with E-state index in [2.05, 4.69) is 5.32 Å². The van der Waals surface area contributed by atoms with Crippen LogP contribution in [-0.4, -0.2) is 44.6 Å². The molecular formula is C19H21Cl2FN2O3S. The van der Waals surface area contributed by atoms with E-state index in [4.69, 9.17) is 23.2 Å². The molecule has 2 rings (SSSR count). The Morgan fingerprint density at radius 2 is 1.82 bits per heavy atom. The van der Waals surface area contributed by atoms with Crippen molar-refractivity contribution in [1.29, 1.82) is 0 Å². The predicted molar refractivity (Wildman–Crippen MR) is 109 cm³/mol. The van der Waals surface area contributed by atoms with Crippen molar-refractivity contribution in [3.05, 3.63) is 63.9 Å². The molecule has 0 heterocycles. The molecule has 0 aliphatic carbocycles. The normalized spacial score (nSPS) is 11.6. The fourth-order valence-corrected chi connectivity index (χ4v) is 4.58. The molecule has 0 spiro atoms. The molecule has 0 atom stereocenters. The Hall–Kier alpha value is -1.67. The summed E-state index contributed by atoms with van der Waals surface area (Å²) in [5.41, 5.74) is 0.774. The minimum atomic E-state index is -3.64. The van der Waals surface area contributed by atoms with Gasteiger partial charge >= 0.3 is 0 Å². The summed E-state index contributed by atoms with van der Waals surface area (Å²) >= 11 is 11.9. The Bertz CT molecular complexity index is 921. The topological polar surface area (TPSA) is 66.5 Å². The molecule has 0 aromatic heterocycles. The molecule has 1 amide bonds. The summed E-state index contributed by atoms with van der Waals surface area (Å²) in [7, 11) is -3.64. The van der Waals surface area contributed by atoms with Crippen LogP contribution in [-0.2, 0) is 21.2 Å². The number of likely N-dealkylation sites (N-methyl/N-ethyl adjacent to an activating group) is 1. The minimum absolute atomic E-state index is 0.0153. The van der Waals surface area contributed by atoms with Crippen LogP contribution in [0.25, 0.3) is 0 Å². The molecule has 2 aromatic carbocycles. The van der Waals surface area contributed by atoms with Crippen molar-refractivity contribution < 1.29 is 17.6 Å². The van der Waals surface area contributed by atoms with Crippen LogP contribution >= 0.6 is 23.2 Å². The largest absolute Gasteiger partial charge is 0.351 e. The summed E-state index contributed by atoms with van der Waals surface area (Å²) in [5.74, 6) is -0.774. The summed E-state index contributed by atoms with van der Waals surface area (Å²) in [6.07, 6.45) is 0. The molecule has 9 heteroatoms. The van der Waals surface area contributed by atoms with Gasteiger partial charge in [0.2, 0.25) is 5.91 Å². The van der Waals surface area contributed by atoms with Crippen molar-refractivity contribution in [3.8, 4) is 0 Å². The van der Waals surface area contributed by atoms with E-state index in [1.807, 2.05) is 6.92 Å². The summed E-state index contributed by atoms with van der Waals surface area (Å²) in [4.78, 5) is 13.8. The monoisotopic (exact) mass is 446 g/mol. The Morgan fingerprint density at radius 1 is 1.14 bits per heavy atom. The zero-order chi connectivity index (χ0) is 20.7. The fraction of sp³-hybridized carbons (Fsp3) is 0.316. The maximum absolute atomic E-state index is 12.9. The van der Waals surface area contributed by atoms with E-state index in [0.29, 0.717) is 6.54 Å². The highest BCUT2D eigenvalue weighted by Crippen LogP contribution is 2.25. The van der Waals surface area contributed by atoms with E-state index in [0.717, 1.165) is 5.56 Å². The van der Waals surface area contributed by atoms with Gasteiger partial charge in [-0.05, 0) is 42.4 Å². The minimum Gasteiger partial charge on any atom is -0.351 e. The third-order valence-electron chi connectivity index (χ3n) is 4.12. The van der Waals surface area contributed by atoms with Gasteiger partial charge in [-0.25, -0.2) is 12.8 Å². The van der Waals surface area contributed by atoms with Crippen molar-refractivity contribution in [2.75, 3.05) is 25.4 Å². The number of hydrogen-bond acceptors (Lipinski definition) is 4. The van der Waals surface area contributed by atoms with Gasteiger partial charge in [0.15, 0.2) is 9.84 Å². The second-order valence-corrected chi connectivity index (χ2v) is 9.09. The van der Waals surface area contributed by atoms with E-state index in [-0.39, 0.29) is 52.1 Å². The van der Waals surface area contributed by atoms with Crippen molar-refractivity contribution in [2.45, 2.75) is 18.4 Å². The molecule has 0 aliphatic heterocycles. The number of sulfone groups is 1. The lowest BCUT2D eigenvalue weighted by Crippen LogP contribution is -2.39. The lowest BCUT2D eigenvalue weighted by atomic mass is 10.2. The lowest BCUT2D eigenvalue weighted by Gasteiger charge is -2.20. The maximum atomic E-state index is 12.9. The van der Waals surface area contributed by atoms with Gasteiger partial charge in [0.05, 0.1) is 22.2 Å². The fourth-order valence-electron chi connectivity index (χ4n) is 2.49. The molecule has 2 aromatic rings. The predicted octanol–water partition coefficient (Wildman–Crippen LogP) is 3.54. The van der Waals surface area contributed by atoms with Gasteiger partial charge in [-0.2, -0.15) is 0 Å². The SMILES string of the molecule is CCN(CCS(=O)(=O)c1cc(Cl)ccc1Cl)CC(=O)NCc1ccc(F)cc1. The van der Waals surface area contributed by atoms with Crippen molar-refractivity contribution in [1.82, 2.24) is 10.2 Å². The van der Waals surface area contributed by atoms with E-state index in [9.17, 15) is 17.6 Å². The first-order valence-corrected chi connectivity index (χ1v) is 11.0. The van der Waals surface area contributed by atoms with Gasteiger partial charge in [-0.1, -0.05) is 42.3 Å². The Balaban J connectivity index is 1.90. The second kappa shape index (κ2) is 10.2. The van der Waals surface area contributed by atoms with Crippen LogP contribution in [0.4, 0.5) is 4.39 Å². The summed E-state index contributed by atoms with van der Waals surface area (Å²) in [6.45, 7) is 2.84. The van der Waals surface area contributed by atoms with E-state index >= 15 is 0 Å². The standard InChI is InChI=1S/C19H21Cl2FN2O3S/c1-2-24(13-19(25)23-12-14-3-6-16(22)7-4-14)9-10-28(26,27)18-11-15(20)5-8-17(18)21/h3-8,11H,2,9-10,12-13H2,1H3,(H,23,25). The van der Waals surface area contributed by atoms with Crippen molar-refractivity contribution >= 4 is 38.9 Å². The molecule has 0 radical (unpaired) electrons. The molecular weight excluding hydrogens is 426 g/mol. The van der Waals surface area contributed by atoms with Crippen LogP contribution in [0.1, 0.15) is 12.5 Å². The van der Waals surface area contributed by atoms with E-state index in [1.54, 1.807) is 17.0 Å². The number of amides is 1. The molecule has 0 saturated carbocycles. The quantitative estimate of drug-likeness (QED) is 0.639. The molecule has 1 N–H and O–H groups in total. The lowest BCUT2D eigenvalue weighted by molar-refractivity contribution is -0.122. The number of benzene rings is 2. The highest BCUT2D eigenvalue weighted by molar-refractivity contribution is 7.91. The molecule has 0 bridgehead atoms. The van der Waals surface area contributed by atoms with Crippen LogP contribution < -0.4 is 5.32 Å². The van der Waals surface area contributed by atoms with E-state index in [1.165, 1.54) is 30.3 Å². The summed E-state index contributed by atoms with van der Waals surface area (Å²) in [5, 5.41) is 3.14. The molecule has 0 saturated heterocycles. The Morgan fingerprint density at radius 3 is 2.46 bits per heavy atom. The van der Waals surface area contributed by atoms with Crippen LogP contribution in [0.2, 0.25) is 10.0 Å². The zero-order valence-corrected chi connectivity index (χ0v) is 17.6. The molecule has 0 fully saturated rings. The van der Waals surface area contributed by atoms with Gasteiger partial charge in [-0.15, -0.1) is 0 Å². The number of nitrogens with zero attached hydrogens (tertiary/aromatic N) is 1. The zero-order valence-electron chi connectivity index (χ0n) is 15.3. The first kappa shape index (κ1) is 22.6. The molecule has 28 heavy (non-hydrogen) atoms. The van der Waals surface area contributed by atoms with Crippen molar-refractivity contribution in [2.24, 2.45) is 0 Å². The first-order valence-electron chi connectivity index (χ1n) is 8.62. The van der Waals surface area contributed by atoms with Gasteiger partial charge in [0, 0.05) is 18.1 Å². The Labute approximate surface area is 174 Å². The van der Waals surface area contributed by atoms with Crippen molar-refractivity contribution in [3.63, 3.8) is 0 Å². The van der Waals surface area contributed by atoms with Crippen LogP contribution in [0.3, 0.4) is 0 Å². The van der Waals surface area contributed by atoms with Gasteiger partial charge in [0.1, 0.15) is 5.82 Å². The molecule has 5 nitrogen and oxygen atoms in total. The van der Waals surface area contributed by atoms with Gasteiger partial charge < -0.3 is 5.32 Å². The number of rotatable bonds is 9. The average molecular weight is 447 g/mol. The van der Waals surface area contributed by atoms with Crippen LogP contribution in [0.5, 0.6) is 0 Å². The van der Waals surface area contributed by atoms with Crippen LogP contribution in [0.15, 0.2) is 47.4 Å². The molecule has 0 aliphatic rings. The average Bonchev–Trinajstić information content (AvgIpc) is 2.66. The van der Waals surface area contributed by atoms with Gasteiger partial charge in [0.25, 0.3) is 0 Å². The third kappa shape index (κ3) is 6.74. The van der Waals surface area contributed by atoms with Gasteiger partial charge in [-0.3, -0.25) is 9.69 Å². The number of carbonyl (C=O) groups excluding carboxylic acids is 1. The number of halogens is 3. The number of carbonyl (C=O) groups is 1.